The summed E-state index contributed by atoms with van der Waals surface area (Å²) in [5.74, 6) is 0.626. The number of thiazole rings is 1. The number of rotatable bonds is 7. The number of nitrogens with two attached hydrogens (primary N) is 1. The van der Waals surface area contributed by atoms with E-state index in [4.69, 9.17) is 36.5 Å². The summed E-state index contributed by atoms with van der Waals surface area (Å²) in [6, 6.07) is 7.73. The number of benzene rings is 1. The van der Waals surface area contributed by atoms with E-state index in [1.54, 1.807) is 31.8 Å². The van der Waals surface area contributed by atoms with E-state index in [9.17, 15) is 0 Å². The highest BCUT2D eigenvalue weighted by atomic mass is 35.5. The molecule has 1 aromatic carbocycles. The second-order valence-electron chi connectivity index (χ2n) is 7.81. The average molecular weight is 471 g/mol. The molecule has 3 aromatic heterocycles. The van der Waals surface area contributed by atoms with Gasteiger partial charge in [-0.3, -0.25) is 0 Å². The number of hydrogen-bond donors (Lipinski definition) is 2. The third kappa shape index (κ3) is 3.53. The SMILES string of the molecule is COCOC1(c2ncc(-c3c(Cl)cnc4[nH]c(-c5ccc(N)c(OC)c5)cc34)s2)CCC1. The van der Waals surface area contributed by atoms with Crippen molar-refractivity contribution >= 4 is 39.7 Å². The summed E-state index contributed by atoms with van der Waals surface area (Å²) in [5, 5.41) is 2.46. The van der Waals surface area contributed by atoms with Crippen LogP contribution in [0.1, 0.15) is 24.3 Å². The topological polar surface area (TPSA) is 95.3 Å². The Balaban J connectivity index is 1.57. The molecule has 7 nitrogen and oxygen atoms in total. The first kappa shape index (κ1) is 21.2. The maximum atomic E-state index is 6.63. The first-order chi connectivity index (χ1) is 15.5. The molecule has 9 heteroatoms. The summed E-state index contributed by atoms with van der Waals surface area (Å²) in [4.78, 5) is 13.6. The molecule has 5 rings (SSSR count). The molecular formula is C23H23ClN4O3S. The Kier molecular flexibility index (Phi) is 5.54. The van der Waals surface area contributed by atoms with Crippen LogP contribution in [0.4, 0.5) is 5.69 Å². The van der Waals surface area contributed by atoms with Crippen LogP contribution < -0.4 is 10.5 Å². The van der Waals surface area contributed by atoms with Gasteiger partial charge in [-0.2, -0.15) is 0 Å². The molecule has 4 aromatic rings. The maximum absolute atomic E-state index is 6.63. The number of hydrogen-bond acceptors (Lipinski definition) is 7. The van der Waals surface area contributed by atoms with Crippen molar-refractivity contribution in [2.45, 2.75) is 24.9 Å². The van der Waals surface area contributed by atoms with Gasteiger partial charge in [-0.15, -0.1) is 11.3 Å². The highest BCUT2D eigenvalue weighted by molar-refractivity contribution is 7.15. The van der Waals surface area contributed by atoms with Crippen LogP contribution in [0.15, 0.2) is 36.7 Å². The average Bonchev–Trinajstić information content (AvgIpc) is 3.41. The van der Waals surface area contributed by atoms with E-state index in [2.05, 4.69) is 16.0 Å². The summed E-state index contributed by atoms with van der Waals surface area (Å²) >= 11 is 8.24. The fourth-order valence-corrected chi connectivity index (χ4v) is 5.52. The lowest BCUT2D eigenvalue weighted by atomic mass is 9.80. The zero-order chi connectivity index (χ0) is 22.3. The molecule has 3 N–H and O–H groups in total. The van der Waals surface area contributed by atoms with E-state index in [0.717, 1.165) is 57.0 Å². The zero-order valence-electron chi connectivity index (χ0n) is 17.8. The molecule has 1 aliphatic rings. The molecular weight excluding hydrogens is 448 g/mol. The molecule has 1 aliphatic carbocycles. The molecule has 0 amide bonds. The minimum absolute atomic E-state index is 0.251. The molecule has 1 fully saturated rings. The summed E-state index contributed by atoms with van der Waals surface area (Å²) in [6.07, 6.45) is 6.54. The molecule has 32 heavy (non-hydrogen) atoms. The first-order valence-corrected chi connectivity index (χ1v) is 11.4. The third-order valence-corrected chi connectivity index (χ3v) is 7.40. The maximum Gasteiger partial charge on any atom is 0.147 e. The van der Waals surface area contributed by atoms with Crippen molar-refractivity contribution in [3.8, 4) is 27.4 Å². The van der Waals surface area contributed by atoms with E-state index in [1.807, 2.05) is 24.4 Å². The molecule has 0 atom stereocenters. The van der Waals surface area contributed by atoms with Crippen LogP contribution in [0.25, 0.3) is 32.7 Å². The predicted molar refractivity (Wildman–Crippen MR) is 127 cm³/mol. The highest BCUT2D eigenvalue weighted by Crippen LogP contribution is 2.48. The minimum Gasteiger partial charge on any atom is -0.495 e. The van der Waals surface area contributed by atoms with Gasteiger partial charge in [-0.25, -0.2) is 9.97 Å². The second-order valence-corrected chi connectivity index (χ2v) is 9.25. The lowest BCUT2D eigenvalue weighted by molar-refractivity contribution is -0.171. The zero-order valence-corrected chi connectivity index (χ0v) is 19.3. The van der Waals surface area contributed by atoms with Crippen LogP contribution >= 0.6 is 22.9 Å². The normalized spacial score (nSPS) is 15.1. The fourth-order valence-electron chi connectivity index (χ4n) is 4.02. The van der Waals surface area contributed by atoms with Crippen molar-refractivity contribution in [2.75, 3.05) is 26.7 Å². The number of nitrogens with one attached hydrogen (secondary N) is 1. The molecule has 0 aliphatic heterocycles. The predicted octanol–water partition coefficient (Wildman–Crippen LogP) is 5.60. The number of anilines is 1. The summed E-state index contributed by atoms with van der Waals surface area (Å²) in [6.45, 7) is 0.251. The minimum atomic E-state index is -0.360. The van der Waals surface area contributed by atoms with Crippen LogP contribution in [0, 0.1) is 0 Å². The third-order valence-electron chi connectivity index (χ3n) is 5.91. The van der Waals surface area contributed by atoms with E-state index in [0.29, 0.717) is 16.5 Å². The number of ether oxygens (including phenoxy) is 3. The van der Waals surface area contributed by atoms with Gasteiger partial charge in [0.15, 0.2) is 0 Å². The number of pyridine rings is 1. The Morgan fingerprint density at radius 1 is 1.19 bits per heavy atom. The van der Waals surface area contributed by atoms with Crippen molar-refractivity contribution < 1.29 is 14.2 Å². The van der Waals surface area contributed by atoms with Crippen LogP contribution in [-0.4, -0.2) is 36.0 Å². The summed E-state index contributed by atoms with van der Waals surface area (Å²) in [5.41, 5.74) is 9.70. The first-order valence-electron chi connectivity index (χ1n) is 10.3. The Morgan fingerprint density at radius 3 is 2.75 bits per heavy atom. The Hall–Kier alpha value is -2.65. The largest absolute Gasteiger partial charge is 0.495 e. The Labute approximate surface area is 194 Å². The Bertz CT molecular complexity index is 1280. The van der Waals surface area contributed by atoms with Crippen molar-refractivity contribution in [2.24, 2.45) is 0 Å². The van der Waals surface area contributed by atoms with E-state index in [-0.39, 0.29) is 12.4 Å². The molecule has 0 unspecified atom stereocenters. The van der Waals surface area contributed by atoms with Gasteiger partial charge in [0.25, 0.3) is 0 Å². The number of fused-ring (bicyclic) bond motifs is 1. The number of H-pyrrole nitrogens is 1. The van der Waals surface area contributed by atoms with E-state index >= 15 is 0 Å². The van der Waals surface area contributed by atoms with Crippen molar-refractivity contribution in [1.29, 1.82) is 0 Å². The number of nitrogen functional groups attached to an aromatic ring is 1. The van der Waals surface area contributed by atoms with Gasteiger partial charge in [0, 0.05) is 41.7 Å². The van der Waals surface area contributed by atoms with Gasteiger partial charge in [0.05, 0.1) is 22.7 Å². The van der Waals surface area contributed by atoms with Crippen molar-refractivity contribution in [1.82, 2.24) is 15.0 Å². The molecule has 3 heterocycles. The summed E-state index contributed by atoms with van der Waals surface area (Å²) < 4.78 is 16.5. The second kappa shape index (κ2) is 8.37. The molecule has 1 saturated carbocycles. The quantitative estimate of drug-likeness (QED) is 0.270. The monoisotopic (exact) mass is 470 g/mol. The number of halogens is 1. The van der Waals surface area contributed by atoms with Crippen molar-refractivity contribution in [3.63, 3.8) is 0 Å². The highest BCUT2D eigenvalue weighted by Gasteiger charge is 2.42. The van der Waals surface area contributed by atoms with Gasteiger partial charge in [-0.05, 0) is 37.5 Å². The van der Waals surface area contributed by atoms with Crippen LogP contribution in [0.5, 0.6) is 5.75 Å². The van der Waals surface area contributed by atoms with Crippen molar-refractivity contribution in [3.05, 3.63) is 46.7 Å². The lowest BCUT2D eigenvalue weighted by Gasteiger charge is -2.39. The van der Waals surface area contributed by atoms with Crippen LogP contribution in [0.3, 0.4) is 0 Å². The van der Waals surface area contributed by atoms with Gasteiger partial charge in [0.2, 0.25) is 0 Å². The number of aromatic nitrogens is 3. The Morgan fingerprint density at radius 2 is 2.03 bits per heavy atom. The van der Waals surface area contributed by atoms with Gasteiger partial charge >= 0.3 is 0 Å². The standard InChI is InChI=1S/C23H23ClN4O3S/c1-29-12-31-23(6-3-7-23)22-27-11-19(32-22)20-14-9-17(28-21(14)26-10-15(20)24)13-4-5-16(25)18(8-13)30-2/h4-5,8-11H,3,6-7,12,25H2,1-2H3,(H,26,28). The van der Waals surface area contributed by atoms with Gasteiger partial charge in [-0.1, -0.05) is 17.7 Å². The lowest BCUT2D eigenvalue weighted by Crippen LogP contribution is -2.37. The van der Waals surface area contributed by atoms with Gasteiger partial charge < -0.3 is 24.9 Å². The van der Waals surface area contributed by atoms with Crippen LogP contribution in [-0.2, 0) is 15.1 Å². The van der Waals surface area contributed by atoms with E-state index < -0.39 is 0 Å². The summed E-state index contributed by atoms with van der Waals surface area (Å²) in [7, 11) is 3.24. The molecule has 166 valence electrons. The number of aromatic amines is 1. The van der Waals surface area contributed by atoms with Crippen LogP contribution in [0.2, 0.25) is 5.02 Å². The smallest absolute Gasteiger partial charge is 0.147 e. The number of methoxy groups -OCH3 is 2. The molecule has 0 radical (unpaired) electrons. The fraction of sp³-hybridized carbons (Fsp3) is 0.304. The van der Waals surface area contributed by atoms with E-state index in [1.165, 1.54) is 0 Å². The molecule has 0 bridgehead atoms. The van der Waals surface area contributed by atoms with Gasteiger partial charge in [0.1, 0.15) is 28.8 Å². The number of nitrogens with zero attached hydrogens (tertiary/aromatic N) is 2. The molecule has 0 spiro atoms. The molecule has 0 saturated heterocycles.